The summed E-state index contributed by atoms with van der Waals surface area (Å²) in [7, 11) is 3.87. The lowest BCUT2D eigenvalue weighted by molar-refractivity contribution is 0.0925. The lowest BCUT2D eigenvalue weighted by Crippen LogP contribution is -2.52. The van der Waals surface area contributed by atoms with Crippen LogP contribution in [0.4, 0.5) is 0 Å². The summed E-state index contributed by atoms with van der Waals surface area (Å²) >= 11 is 0. The van der Waals surface area contributed by atoms with Crippen molar-refractivity contribution < 1.29 is 4.74 Å². The Kier molecular flexibility index (Phi) is 8.00. The highest BCUT2D eigenvalue weighted by Crippen LogP contribution is 2.13. The average Bonchev–Trinajstić information content (AvgIpc) is 2.40. The highest BCUT2D eigenvalue weighted by atomic mass is 16.5. The van der Waals surface area contributed by atoms with Gasteiger partial charge in [0.25, 0.3) is 0 Å². The van der Waals surface area contributed by atoms with Crippen LogP contribution in [0.3, 0.4) is 0 Å². The van der Waals surface area contributed by atoms with E-state index >= 15 is 0 Å². The molecule has 6 heteroatoms. The molecule has 1 saturated heterocycles. The van der Waals surface area contributed by atoms with Crippen LogP contribution in [0, 0.1) is 5.92 Å². The molecule has 124 valence electrons. The second kappa shape index (κ2) is 9.23. The zero-order valence-electron chi connectivity index (χ0n) is 14.3. The fraction of sp³-hybridized carbons (Fsp3) is 0.933. The molecular formula is C15H33N5O. The van der Waals surface area contributed by atoms with Gasteiger partial charge < -0.3 is 20.7 Å². The molecule has 21 heavy (non-hydrogen) atoms. The number of hydrogen-bond donors (Lipinski definition) is 2. The molecule has 0 spiro atoms. The molecule has 1 fully saturated rings. The van der Waals surface area contributed by atoms with Crippen LogP contribution in [0.25, 0.3) is 0 Å². The highest BCUT2D eigenvalue weighted by molar-refractivity contribution is 5.78. The molecule has 3 N–H and O–H groups in total. The van der Waals surface area contributed by atoms with E-state index in [0.29, 0.717) is 24.5 Å². The third-order valence-electron chi connectivity index (χ3n) is 4.04. The molecule has 0 aromatic heterocycles. The lowest BCUT2D eigenvalue weighted by atomic mass is 10.0. The number of nitrogens with zero attached hydrogens (tertiary/aromatic N) is 3. The van der Waals surface area contributed by atoms with Crippen LogP contribution in [0.1, 0.15) is 20.8 Å². The first-order chi connectivity index (χ1) is 9.93. The number of nitrogens with two attached hydrogens (primary N) is 1. The summed E-state index contributed by atoms with van der Waals surface area (Å²) in [5.74, 6) is 1.08. The zero-order chi connectivity index (χ0) is 15.8. The molecule has 0 aromatic carbocycles. The SMILES string of the molecule is COCC(C)NC(N)=NCC(C(C)C)N1CCN(C)CC1. The minimum Gasteiger partial charge on any atom is -0.383 e. The van der Waals surface area contributed by atoms with Crippen molar-refractivity contribution in [2.24, 2.45) is 16.6 Å². The van der Waals surface area contributed by atoms with Crippen molar-refractivity contribution in [2.45, 2.75) is 32.9 Å². The summed E-state index contributed by atoms with van der Waals surface area (Å²) in [6, 6.07) is 0.636. The number of hydrogen-bond acceptors (Lipinski definition) is 4. The molecule has 1 aliphatic rings. The molecule has 0 radical (unpaired) electrons. The molecule has 2 unspecified atom stereocenters. The van der Waals surface area contributed by atoms with Crippen molar-refractivity contribution in [3.05, 3.63) is 0 Å². The number of methoxy groups -OCH3 is 1. The smallest absolute Gasteiger partial charge is 0.188 e. The number of likely N-dealkylation sites (N-methyl/N-ethyl adjacent to an activating group) is 1. The van der Waals surface area contributed by atoms with Gasteiger partial charge in [-0.3, -0.25) is 9.89 Å². The normalized spacial score (nSPS) is 21.5. The van der Waals surface area contributed by atoms with Gasteiger partial charge in [0.05, 0.1) is 13.2 Å². The summed E-state index contributed by atoms with van der Waals surface area (Å²) in [5, 5.41) is 3.16. The van der Waals surface area contributed by atoms with Crippen LogP contribution >= 0.6 is 0 Å². The topological polar surface area (TPSA) is 66.1 Å². The molecule has 6 nitrogen and oxygen atoms in total. The van der Waals surface area contributed by atoms with Gasteiger partial charge in [-0.2, -0.15) is 0 Å². The van der Waals surface area contributed by atoms with Gasteiger partial charge in [0.1, 0.15) is 0 Å². The Morgan fingerprint density at radius 2 is 1.86 bits per heavy atom. The van der Waals surface area contributed by atoms with Crippen molar-refractivity contribution in [2.75, 3.05) is 53.5 Å². The minimum absolute atomic E-state index is 0.180. The number of rotatable bonds is 7. The van der Waals surface area contributed by atoms with Gasteiger partial charge >= 0.3 is 0 Å². The predicted octanol–water partition coefficient (Wildman–Crippen LogP) is 0.198. The average molecular weight is 299 g/mol. The van der Waals surface area contributed by atoms with Crippen LogP contribution in [0.15, 0.2) is 4.99 Å². The minimum atomic E-state index is 0.180. The number of guanidine groups is 1. The maximum absolute atomic E-state index is 5.96. The van der Waals surface area contributed by atoms with E-state index in [2.05, 4.69) is 41.0 Å². The fourth-order valence-corrected chi connectivity index (χ4v) is 2.68. The van der Waals surface area contributed by atoms with Crippen molar-refractivity contribution in [3.8, 4) is 0 Å². The van der Waals surface area contributed by atoms with Gasteiger partial charge in [0.15, 0.2) is 5.96 Å². The number of aliphatic imine (C=N–C) groups is 1. The van der Waals surface area contributed by atoms with Crippen LogP contribution in [0.2, 0.25) is 0 Å². The van der Waals surface area contributed by atoms with Crippen LogP contribution in [-0.4, -0.2) is 81.3 Å². The zero-order valence-corrected chi connectivity index (χ0v) is 14.3. The monoisotopic (exact) mass is 299 g/mol. The summed E-state index contributed by atoms with van der Waals surface area (Å²) in [6.07, 6.45) is 0. The Morgan fingerprint density at radius 1 is 1.24 bits per heavy atom. The Morgan fingerprint density at radius 3 is 2.38 bits per heavy atom. The lowest BCUT2D eigenvalue weighted by Gasteiger charge is -2.39. The first-order valence-corrected chi connectivity index (χ1v) is 7.92. The van der Waals surface area contributed by atoms with E-state index in [1.807, 2.05) is 6.92 Å². The molecular weight excluding hydrogens is 266 g/mol. The summed E-state index contributed by atoms with van der Waals surface area (Å²) in [5.41, 5.74) is 5.96. The Bertz CT molecular complexity index is 313. The summed E-state index contributed by atoms with van der Waals surface area (Å²) in [6.45, 7) is 12.4. The van der Waals surface area contributed by atoms with Crippen molar-refractivity contribution in [1.29, 1.82) is 0 Å². The molecule has 0 bridgehead atoms. The van der Waals surface area contributed by atoms with Crippen LogP contribution in [-0.2, 0) is 4.74 Å². The van der Waals surface area contributed by atoms with E-state index in [0.717, 1.165) is 32.7 Å². The van der Waals surface area contributed by atoms with Crippen LogP contribution < -0.4 is 11.1 Å². The number of piperazine rings is 1. The maximum Gasteiger partial charge on any atom is 0.188 e. The van der Waals surface area contributed by atoms with Gasteiger partial charge in [-0.05, 0) is 19.9 Å². The predicted molar refractivity (Wildman–Crippen MR) is 88.7 cm³/mol. The third-order valence-corrected chi connectivity index (χ3v) is 4.04. The molecule has 1 aliphatic heterocycles. The first-order valence-electron chi connectivity index (χ1n) is 7.92. The Balaban J connectivity index is 2.50. The Hall–Kier alpha value is -0.850. The highest BCUT2D eigenvalue weighted by Gasteiger charge is 2.24. The number of ether oxygens (including phenoxy) is 1. The Labute approximate surface area is 129 Å². The molecule has 2 atom stereocenters. The molecule has 1 rings (SSSR count). The molecule has 1 heterocycles. The van der Waals surface area contributed by atoms with E-state index in [4.69, 9.17) is 10.5 Å². The van der Waals surface area contributed by atoms with E-state index in [-0.39, 0.29) is 6.04 Å². The number of nitrogens with one attached hydrogen (secondary N) is 1. The molecule has 0 amide bonds. The van der Waals surface area contributed by atoms with Gasteiger partial charge in [-0.25, -0.2) is 0 Å². The van der Waals surface area contributed by atoms with Crippen molar-refractivity contribution >= 4 is 5.96 Å². The van der Waals surface area contributed by atoms with E-state index in [9.17, 15) is 0 Å². The van der Waals surface area contributed by atoms with Gasteiger partial charge in [0, 0.05) is 45.4 Å². The van der Waals surface area contributed by atoms with E-state index in [1.54, 1.807) is 7.11 Å². The quantitative estimate of drug-likeness (QED) is 0.519. The standard InChI is InChI=1S/C15H33N5O/c1-12(2)14(20-8-6-19(4)7-9-20)10-17-15(16)18-13(3)11-21-5/h12-14H,6-11H2,1-5H3,(H3,16,17,18). The second-order valence-electron chi connectivity index (χ2n) is 6.38. The van der Waals surface area contributed by atoms with Gasteiger partial charge in [0.2, 0.25) is 0 Å². The molecule has 0 saturated carbocycles. The van der Waals surface area contributed by atoms with Crippen molar-refractivity contribution in [3.63, 3.8) is 0 Å². The molecule has 0 aromatic rings. The van der Waals surface area contributed by atoms with Gasteiger partial charge in [-0.15, -0.1) is 0 Å². The van der Waals surface area contributed by atoms with Gasteiger partial charge in [-0.1, -0.05) is 13.8 Å². The van der Waals surface area contributed by atoms with Crippen LogP contribution in [0.5, 0.6) is 0 Å². The fourth-order valence-electron chi connectivity index (χ4n) is 2.68. The first kappa shape index (κ1) is 18.2. The third kappa shape index (κ3) is 6.63. The van der Waals surface area contributed by atoms with Crippen molar-refractivity contribution in [1.82, 2.24) is 15.1 Å². The largest absolute Gasteiger partial charge is 0.383 e. The van der Waals surface area contributed by atoms with E-state index < -0.39 is 0 Å². The summed E-state index contributed by atoms with van der Waals surface area (Å²) in [4.78, 5) is 9.45. The maximum atomic E-state index is 5.96. The summed E-state index contributed by atoms with van der Waals surface area (Å²) < 4.78 is 5.09. The van der Waals surface area contributed by atoms with E-state index in [1.165, 1.54) is 0 Å². The molecule has 0 aliphatic carbocycles. The second-order valence-corrected chi connectivity index (χ2v) is 6.38.